The molecule has 2 saturated heterocycles. The highest BCUT2D eigenvalue weighted by Gasteiger charge is 2.39. The van der Waals surface area contributed by atoms with Crippen molar-refractivity contribution in [1.29, 1.82) is 0 Å². The molecule has 0 aromatic rings. The van der Waals surface area contributed by atoms with Crippen LogP contribution in [0, 0.1) is 11.8 Å². The lowest BCUT2D eigenvalue weighted by atomic mass is 9.93. The molecule has 0 aromatic carbocycles. The third kappa shape index (κ3) is 9.48. The van der Waals surface area contributed by atoms with Crippen LogP contribution in [-0.4, -0.2) is 92.5 Å². The summed E-state index contributed by atoms with van der Waals surface area (Å²) in [6, 6.07) is -0.456. The van der Waals surface area contributed by atoms with Crippen LogP contribution in [0.4, 0.5) is 4.39 Å². The first-order valence-electron chi connectivity index (χ1n) is 13.2. The van der Waals surface area contributed by atoms with Crippen molar-refractivity contribution in [3.63, 3.8) is 0 Å². The van der Waals surface area contributed by atoms with Gasteiger partial charge in [0, 0.05) is 57.9 Å². The summed E-state index contributed by atoms with van der Waals surface area (Å²) in [4.78, 5) is 15.6. The summed E-state index contributed by atoms with van der Waals surface area (Å²) in [6.07, 6.45) is 3.09. The molecule has 8 N–H and O–H groups in total. The van der Waals surface area contributed by atoms with Crippen molar-refractivity contribution in [1.82, 2.24) is 26.2 Å². The van der Waals surface area contributed by atoms with Crippen LogP contribution in [0.3, 0.4) is 0 Å². The first kappa shape index (κ1) is 29.7. The molecule has 0 radical (unpaired) electrons. The van der Waals surface area contributed by atoms with Crippen molar-refractivity contribution in [2.75, 3.05) is 45.8 Å². The molecule has 7 unspecified atom stereocenters. The maximum absolute atomic E-state index is 14.5. The highest BCUT2D eigenvalue weighted by Crippen LogP contribution is 2.20. The Hall–Kier alpha value is -0.550. The zero-order valence-corrected chi connectivity index (χ0v) is 22.1. The van der Waals surface area contributed by atoms with E-state index < -0.39 is 18.3 Å². The fraction of sp³-hybridized carbons (Fsp3) is 0.958. The standard InChI is InChI=1S/C24H49ClFN7O/c1-4-5-6-16(2)7-8-18(26)13-31-17(3)21(23(27)28)24(34)32-20-15-30-14-19(25)22(20)33-11-9-29-10-12-33/h16-23,29-31H,4-15,27-28H2,1-3H3,(H,32,34). The fourth-order valence-corrected chi connectivity index (χ4v) is 5.63. The first-order valence-corrected chi connectivity index (χ1v) is 13.7. The Kier molecular flexibility index (Phi) is 13.6. The fourth-order valence-electron chi connectivity index (χ4n) is 5.19. The smallest absolute Gasteiger partial charge is 0.227 e. The van der Waals surface area contributed by atoms with E-state index in [9.17, 15) is 9.18 Å². The molecular weight excluding hydrogens is 457 g/mol. The van der Waals surface area contributed by atoms with Crippen molar-refractivity contribution in [3.8, 4) is 0 Å². The van der Waals surface area contributed by atoms with E-state index in [4.69, 9.17) is 23.1 Å². The van der Waals surface area contributed by atoms with Gasteiger partial charge in [-0.25, -0.2) is 4.39 Å². The van der Waals surface area contributed by atoms with Gasteiger partial charge in [-0.3, -0.25) is 9.69 Å². The highest BCUT2D eigenvalue weighted by atomic mass is 35.5. The van der Waals surface area contributed by atoms with E-state index in [0.29, 0.717) is 25.4 Å². The minimum Gasteiger partial charge on any atom is -0.350 e. The molecule has 0 saturated carbocycles. The Bertz CT molecular complexity index is 582. The predicted octanol–water partition coefficient (Wildman–Crippen LogP) is 0.738. The normalized spacial score (nSPS) is 27.8. The third-order valence-electron chi connectivity index (χ3n) is 7.33. The van der Waals surface area contributed by atoms with Gasteiger partial charge in [0.25, 0.3) is 0 Å². The van der Waals surface area contributed by atoms with E-state index in [-0.39, 0.29) is 36.0 Å². The second-order valence-electron chi connectivity index (χ2n) is 10.3. The first-order chi connectivity index (χ1) is 16.2. The number of hydrogen-bond acceptors (Lipinski definition) is 7. The number of nitrogens with zero attached hydrogens (tertiary/aromatic N) is 1. The highest BCUT2D eigenvalue weighted by molar-refractivity contribution is 6.21. The number of carbonyl (C=O) groups excluding carboxylic acids is 1. The summed E-state index contributed by atoms with van der Waals surface area (Å²) in [7, 11) is 0. The van der Waals surface area contributed by atoms with Crippen LogP contribution in [-0.2, 0) is 4.79 Å². The number of nitrogens with one attached hydrogen (secondary N) is 4. The Labute approximate surface area is 210 Å². The van der Waals surface area contributed by atoms with Gasteiger partial charge in [-0.15, -0.1) is 11.6 Å². The van der Waals surface area contributed by atoms with Crippen LogP contribution < -0.4 is 32.7 Å². The van der Waals surface area contributed by atoms with Crippen LogP contribution >= 0.6 is 11.6 Å². The molecule has 8 nitrogen and oxygen atoms in total. The second kappa shape index (κ2) is 15.5. The van der Waals surface area contributed by atoms with Gasteiger partial charge in [0.15, 0.2) is 0 Å². The van der Waals surface area contributed by atoms with E-state index in [0.717, 1.165) is 39.0 Å². The van der Waals surface area contributed by atoms with Crippen LogP contribution in [0.5, 0.6) is 0 Å². The second-order valence-corrected chi connectivity index (χ2v) is 10.8. The van der Waals surface area contributed by atoms with E-state index in [1.54, 1.807) is 0 Å². The SMILES string of the molecule is CCCCC(C)CCC(F)CNC(C)C(C(=O)NC1CNCC(Cl)C1N1CCNCC1)C(N)N. The largest absolute Gasteiger partial charge is 0.350 e. The average molecular weight is 506 g/mol. The van der Waals surface area contributed by atoms with Gasteiger partial charge >= 0.3 is 0 Å². The molecule has 2 fully saturated rings. The molecule has 2 aliphatic heterocycles. The number of amides is 1. The molecule has 7 atom stereocenters. The van der Waals surface area contributed by atoms with Crippen molar-refractivity contribution >= 4 is 17.5 Å². The Morgan fingerprint density at radius 3 is 2.50 bits per heavy atom. The number of carbonyl (C=O) groups is 1. The van der Waals surface area contributed by atoms with Crippen molar-refractivity contribution in [2.45, 2.75) is 88.7 Å². The van der Waals surface area contributed by atoms with Gasteiger partial charge in [0.2, 0.25) is 5.91 Å². The summed E-state index contributed by atoms with van der Waals surface area (Å²) in [5.41, 5.74) is 12.0. The Morgan fingerprint density at radius 2 is 1.85 bits per heavy atom. The summed E-state index contributed by atoms with van der Waals surface area (Å²) in [6.45, 7) is 11.4. The number of piperazine rings is 1. The van der Waals surface area contributed by atoms with Crippen molar-refractivity contribution in [2.24, 2.45) is 23.3 Å². The monoisotopic (exact) mass is 505 g/mol. The zero-order chi connectivity index (χ0) is 25.1. The van der Waals surface area contributed by atoms with Crippen LogP contribution in [0.15, 0.2) is 0 Å². The number of halogens is 2. The summed E-state index contributed by atoms with van der Waals surface area (Å²) in [5.74, 6) is -0.351. The van der Waals surface area contributed by atoms with Crippen LogP contribution in [0.1, 0.15) is 52.9 Å². The van der Waals surface area contributed by atoms with E-state index in [1.807, 2.05) is 6.92 Å². The maximum atomic E-state index is 14.5. The van der Waals surface area contributed by atoms with Gasteiger partial charge in [-0.05, 0) is 25.7 Å². The molecule has 0 aromatic heterocycles. The zero-order valence-electron chi connectivity index (χ0n) is 21.4. The third-order valence-corrected chi connectivity index (χ3v) is 7.74. The molecule has 34 heavy (non-hydrogen) atoms. The number of alkyl halides is 2. The predicted molar refractivity (Wildman–Crippen MR) is 139 cm³/mol. The maximum Gasteiger partial charge on any atom is 0.227 e. The number of hydrogen-bond donors (Lipinski definition) is 6. The van der Waals surface area contributed by atoms with Crippen molar-refractivity contribution in [3.05, 3.63) is 0 Å². The van der Waals surface area contributed by atoms with Gasteiger partial charge in [0.05, 0.1) is 23.5 Å². The number of nitrogens with two attached hydrogens (primary N) is 2. The molecule has 200 valence electrons. The molecule has 2 rings (SSSR count). The summed E-state index contributed by atoms with van der Waals surface area (Å²) in [5, 5.41) is 12.9. The summed E-state index contributed by atoms with van der Waals surface area (Å²) >= 11 is 6.68. The Morgan fingerprint density at radius 1 is 1.15 bits per heavy atom. The van der Waals surface area contributed by atoms with Crippen LogP contribution in [0.2, 0.25) is 0 Å². The van der Waals surface area contributed by atoms with E-state index >= 15 is 0 Å². The van der Waals surface area contributed by atoms with Crippen LogP contribution in [0.25, 0.3) is 0 Å². The molecular formula is C24H49ClFN7O. The molecule has 2 aliphatic rings. The molecule has 0 bridgehead atoms. The lowest BCUT2D eigenvalue weighted by molar-refractivity contribution is -0.127. The number of unbranched alkanes of at least 4 members (excludes halogenated alkanes) is 1. The van der Waals surface area contributed by atoms with E-state index in [2.05, 4.69) is 40.0 Å². The molecule has 10 heteroatoms. The van der Waals surface area contributed by atoms with Gasteiger partial charge in [-0.2, -0.15) is 0 Å². The number of piperidine rings is 1. The van der Waals surface area contributed by atoms with E-state index in [1.165, 1.54) is 12.8 Å². The van der Waals surface area contributed by atoms with Gasteiger partial charge < -0.3 is 32.7 Å². The minimum atomic E-state index is -0.958. The van der Waals surface area contributed by atoms with Gasteiger partial charge in [-0.1, -0.05) is 33.1 Å². The number of rotatable bonds is 14. The molecule has 0 aliphatic carbocycles. The topological polar surface area (TPSA) is 120 Å². The molecule has 1 amide bonds. The molecule has 0 spiro atoms. The van der Waals surface area contributed by atoms with Crippen molar-refractivity contribution < 1.29 is 9.18 Å². The molecule has 2 heterocycles. The van der Waals surface area contributed by atoms with Gasteiger partial charge in [0.1, 0.15) is 6.17 Å². The quantitative estimate of drug-likeness (QED) is 0.152. The lowest BCUT2D eigenvalue weighted by Crippen LogP contribution is -2.68. The lowest BCUT2D eigenvalue weighted by Gasteiger charge is -2.45. The minimum absolute atomic E-state index is 0.0387. The summed E-state index contributed by atoms with van der Waals surface area (Å²) < 4.78 is 14.5. The Balaban J connectivity index is 1.89. The average Bonchev–Trinajstić information content (AvgIpc) is 2.80.